The highest BCUT2D eigenvalue weighted by molar-refractivity contribution is 5.39. The van der Waals surface area contributed by atoms with Gasteiger partial charge in [0.05, 0.1) is 13.2 Å². The molecule has 1 aliphatic heterocycles. The third-order valence-corrected chi connectivity index (χ3v) is 5.32. The van der Waals surface area contributed by atoms with Crippen molar-refractivity contribution in [2.24, 2.45) is 0 Å². The zero-order chi connectivity index (χ0) is 14.8. The minimum atomic E-state index is -0.379. The van der Waals surface area contributed by atoms with Crippen LogP contribution in [0.5, 0.6) is 5.75 Å². The number of hydrogen-bond donors (Lipinski definition) is 1. The number of fused-ring (bicyclic) bond motifs is 1. The van der Waals surface area contributed by atoms with Gasteiger partial charge in [-0.3, -0.25) is 4.90 Å². The Hall–Kier alpha value is -1.06. The van der Waals surface area contributed by atoms with Gasteiger partial charge in [0.2, 0.25) is 0 Å². The van der Waals surface area contributed by atoms with Crippen molar-refractivity contribution in [3.8, 4) is 5.75 Å². The van der Waals surface area contributed by atoms with E-state index >= 15 is 0 Å². The third kappa shape index (κ3) is 2.82. The second kappa shape index (κ2) is 6.37. The van der Waals surface area contributed by atoms with Crippen molar-refractivity contribution in [3.63, 3.8) is 0 Å². The summed E-state index contributed by atoms with van der Waals surface area (Å²) in [6.45, 7) is 3.41. The van der Waals surface area contributed by atoms with Crippen LogP contribution in [-0.2, 0) is 6.42 Å². The number of ether oxygens (including phenoxy) is 1. The van der Waals surface area contributed by atoms with E-state index in [9.17, 15) is 5.11 Å². The number of hydrogen-bond acceptors (Lipinski definition) is 3. The van der Waals surface area contributed by atoms with Gasteiger partial charge >= 0.3 is 0 Å². The van der Waals surface area contributed by atoms with Gasteiger partial charge in [-0.1, -0.05) is 19.4 Å². The normalized spacial score (nSPS) is 30.0. The maximum atomic E-state index is 10.9. The Kier molecular flexibility index (Phi) is 4.51. The van der Waals surface area contributed by atoms with E-state index in [2.05, 4.69) is 17.9 Å². The van der Waals surface area contributed by atoms with E-state index in [0.717, 1.165) is 30.7 Å². The first kappa shape index (κ1) is 14.9. The summed E-state index contributed by atoms with van der Waals surface area (Å²) in [7, 11) is 1.69. The summed E-state index contributed by atoms with van der Waals surface area (Å²) in [6.07, 6.45) is 6.83. The molecule has 1 aromatic rings. The summed E-state index contributed by atoms with van der Waals surface area (Å²) in [6, 6.07) is 7.06. The van der Waals surface area contributed by atoms with Gasteiger partial charge in [0.15, 0.2) is 0 Å². The smallest absolute Gasteiger partial charge is 0.119 e. The van der Waals surface area contributed by atoms with Crippen molar-refractivity contribution >= 4 is 0 Å². The average molecular weight is 289 g/mol. The molecule has 3 unspecified atom stereocenters. The zero-order valence-electron chi connectivity index (χ0n) is 13.2. The molecule has 21 heavy (non-hydrogen) atoms. The largest absolute Gasteiger partial charge is 0.497 e. The predicted molar refractivity (Wildman–Crippen MR) is 84.7 cm³/mol. The van der Waals surface area contributed by atoms with E-state index in [1.165, 1.54) is 31.2 Å². The van der Waals surface area contributed by atoms with Gasteiger partial charge < -0.3 is 9.84 Å². The van der Waals surface area contributed by atoms with E-state index in [-0.39, 0.29) is 12.1 Å². The Labute approximate surface area is 127 Å². The van der Waals surface area contributed by atoms with Crippen LogP contribution in [0.1, 0.15) is 56.3 Å². The van der Waals surface area contributed by atoms with Crippen LogP contribution in [0.3, 0.4) is 0 Å². The van der Waals surface area contributed by atoms with Gasteiger partial charge in [-0.25, -0.2) is 0 Å². The molecule has 1 aromatic carbocycles. The van der Waals surface area contributed by atoms with Crippen molar-refractivity contribution < 1.29 is 9.84 Å². The van der Waals surface area contributed by atoms with Crippen LogP contribution in [-0.4, -0.2) is 35.7 Å². The lowest BCUT2D eigenvalue weighted by Gasteiger charge is -2.45. The minimum absolute atomic E-state index is 0.273. The number of likely N-dealkylation sites (tertiary alicyclic amines) is 1. The van der Waals surface area contributed by atoms with E-state index in [4.69, 9.17) is 4.74 Å². The quantitative estimate of drug-likeness (QED) is 0.926. The van der Waals surface area contributed by atoms with Crippen LogP contribution in [0.25, 0.3) is 0 Å². The fraction of sp³-hybridized carbons (Fsp3) is 0.667. The molecule has 1 N–H and O–H groups in total. The molecule has 0 radical (unpaired) electrons. The standard InChI is InChI=1S/C18H27NO2/c1-3-14-6-4-5-11-19(14)17-10-8-13-7-9-15(21-2)12-16(13)18(17)20/h7,9,12,14,17-18,20H,3-6,8,10-11H2,1-2H3. The molecule has 0 aromatic heterocycles. The highest BCUT2D eigenvalue weighted by atomic mass is 16.5. The van der Waals surface area contributed by atoms with E-state index in [1.54, 1.807) is 7.11 Å². The van der Waals surface area contributed by atoms with Gasteiger partial charge in [-0.2, -0.15) is 0 Å². The molecule has 0 spiro atoms. The van der Waals surface area contributed by atoms with Gasteiger partial charge in [-0.05, 0) is 61.9 Å². The predicted octanol–water partition coefficient (Wildman–Crippen LogP) is 3.31. The highest BCUT2D eigenvalue weighted by Crippen LogP contribution is 2.37. The molecular weight excluding hydrogens is 262 g/mol. The maximum absolute atomic E-state index is 10.9. The number of piperidine rings is 1. The second-order valence-electron chi connectivity index (χ2n) is 6.41. The molecule has 1 heterocycles. The van der Waals surface area contributed by atoms with Crippen LogP contribution >= 0.6 is 0 Å². The maximum Gasteiger partial charge on any atom is 0.119 e. The average Bonchev–Trinajstić information content (AvgIpc) is 2.55. The minimum Gasteiger partial charge on any atom is -0.497 e. The van der Waals surface area contributed by atoms with Gasteiger partial charge in [0.1, 0.15) is 5.75 Å². The van der Waals surface area contributed by atoms with Crippen molar-refractivity contribution in [2.75, 3.05) is 13.7 Å². The number of benzene rings is 1. The van der Waals surface area contributed by atoms with Gasteiger partial charge in [-0.15, -0.1) is 0 Å². The Bertz CT molecular complexity index is 488. The van der Waals surface area contributed by atoms with Crippen LogP contribution in [0, 0.1) is 0 Å². The molecule has 2 aliphatic rings. The number of methoxy groups -OCH3 is 1. The number of aliphatic hydroxyl groups is 1. The lowest BCUT2D eigenvalue weighted by Crippen LogP contribution is -2.50. The Morgan fingerprint density at radius 2 is 2.14 bits per heavy atom. The van der Waals surface area contributed by atoms with E-state index < -0.39 is 0 Å². The van der Waals surface area contributed by atoms with Crippen molar-refractivity contribution in [1.82, 2.24) is 4.90 Å². The molecule has 1 saturated heterocycles. The number of aliphatic hydroxyl groups excluding tert-OH is 1. The lowest BCUT2D eigenvalue weighted by molar-refractivity contribution is -0.00434. The molecule has 3 heteroatoms. The fourth-order valence-electron chi connectivity index (χ4n) is 4.12. The second-order valence-corrected chi connectivity index (χ2v) is 6.41. The molecular formula is C18H27NO2. The Balaban J connectivity index is 1.85. The number of rotatable bonds is 3. The van der Waals surface area contributed by atoms with Crippen LogP contribution in [0.2, 0.25) is 0 Å². The Morgan fingerprint density at radius 1 is 1.29 bits per heavy atom. The molecule has 3 nitrogen and oxygen atoms in total. The van der Waals surface area contributed by atoms with Gasteiger partial charge in [0, 0.05) is 12.1 Å². The zero-order valence-corrected chi connectivity index (χ0v) is 13.2. The third-order valence-electron chi connectivity index (χ3n) is 5.32. The topological polar surface area (TPSA) is 32.7 Å². The Morgan fingerprint density at radius 3 is 2.90 bits per heavy atom. The molecule has 3 atom stereocenters. The molecule has 3 rings (SSSR count). The molecule has 0 amide bonds. The number of aryl methyl sites for hydroxylation is 1. The monoisotopic (exact) mass is 289 g/mol. The molecule has 0 saturated carbocycles. The first-order valence-corrected chi connectivity index (χ1v) is 8.35. The van der Waals surface area contributed by atoms with Crippen molar-refractivity contribution in [1.29, 1.82) is 0 Å². The fourth-order valence-corrected chi connectivity index (χ4v) is 4.12. The first-order valence-electron chi connectivity index (χ1n) is 8.35. The summed E-state index contributed by atoms with van der Waals surface area (Å²) < 4.78 is 5.33. The van der Waals surface area contributed by atoms with Crippen molar-refractivity contribution in [2.45, 2.75) is 63.6 Å². The number of nitrogens with zero attached hydrogens (tertiary/aromatic N) is 1. The first-order chi connectivity index (χ1) is 10.2. The SMILES string of the molecule is CCC1CCCCN1C1CCc2ccc(OC)cc2C1O. The van der Waals surface area contributed by atoms with E-state index in [1.807, 2.05) is 12.1 Å². The summed E-state index contributed by atoms with van der Waals surface area (Å²) in [5.41, 5.74) is 2.36. The van der Waals surface area contributed by atoms with E-state index in [0.29, 0.717) is 6.04 Å². The summed E-state index contributed by atoms with van der Waals surface area (Å²) >= 11 is 0. The van der Waals surface area contributed by atoms with Crippen LogP contribution in [0.4, 0.5) is 0 Å². The molecule has 1 fully saturated rings. The lowest BCUT2D eigenvalue weighted by atomic mass is 9.83. The molecule has 0 bridgehead atoms. The summed E-state index contributed by atoms with van der Waals surface area (Å²) in [4.78, 5) is 2.58. The molecule has 1 aliphatic carbocycles. The van der Waals surface area contributed by atoms with Crippen molar-refractivity contribution in [3.05, 3.63) is 29.3 Å². The molecule has 116 valence electrons. The van der Waals surface area contributed by atoms with Crippen LogP contribution < -0.4 is 4.74 Å². The summed E-state index contributed by atoms with van der Waals surface area (Å²) in [5.74, 6) is 0.846. The highest BCUT2D eigenvalue weighted by Gasteiger charge is 2.36. The van der Waals surface area contributed by atoms with Crippen LogP contribution in [0.15, 0.2) is 18.2 Å². The summed E-state index contributed by atoms with van der Waals surface area (Å²) in [5, 5.41) is 10.9. The van der Waals surface area contributed by atoms with Gasteiger partial charge in [0.25, 0.3) is 0 Å².